The Balaban J connectivity index is 0.896. The molecule has 8 saturated carbocycles. The largest absolute Gasteiger partial charge is 0.370 e. The van der Waals surface area contributed by atoms with E-state index in [0.29, 0.717) is 13.1 Å². The summed E-state index contributed by atoms with van der Waals surface area (Å²) in [7, 11) is 0. The SMILES string of the molecule is CC(CN(C(=N)N)C(=O)NC12CC3CC(CC(C3)C1)C2)N1CCN(C(C)CN(C(=N)N)C(=O)NC23CC4CC(CC(C4)C2)C3)CC1. The fourth-order valence-corrected chi connectivity index (χ4v) is 12.1. The highest BCUT2D eigenvalue weighted by Gasteiger charge is 2.53. The molecule has 1 saturated heterocycles. The Morgan fingerprint density at radius 1 is 0.630 bits per heavy atom. The van der Waals surface area contributed by atoms with Crippen LogP contribution >= 0.6 is 0 Å². The average Bonchev–Trinajstić information content (AvgIpc) is 2.96. The maximum absolute atomic E-state index is 13.5. The van der Waals surface area contributed by atoms with Crippen molar-refractivity contribution in [1.29, 1.82) is 10.8 Å². The molecule has 8 aliphatic carbocycles. The number of nitrogens with one attached hydrogen (secondary N) is 4. The Hall–Kier alpha value is -2.60. The average molecular weight is 639 g/mol. The molecule has 9 fully saturated rings. The zero-order chi connectivity index (χ0) is 32.4. The van der Waals surface area contributed by atoms with Crippen LogP contribution in [0.4, 0.5) is 9.59 Å². The highest BCUT2D eigenvalue weighted by Crippen LogP contribution is 2.56. The van der Waals surface area contributed by atoms with E-state index in [9.17, 15) is 9.59 Å². The number of amides is 4. The van der Waals surface area contributed by atoms with Crippen LogP contribution in [-0.2, 0) is 0 Å². The Morgan fingerprint density at radius 3 is 1.13 bits per heavy atom. The molecule has 12 nitrogen and oxygen atoms in total. The van der Waals surface area contributed by atoms with Crippen molar-refractivity contribution in [3.63, 3.8) is 0 Å². The highest BCUT2D eigenvalue weighted by molar-refractivity contribution is 5.95. The first-order valence-electron chi connectivity index (χ1n) is 18.2. The van der Waals surface area contributed by atoms with Gasteiger partial charge in [0.2, 0.25) is 0 Å². The number of carbonyl (C=O) groups is 2. The van der Waals surface area contributed by atoms with E-state index in [-0.39, 0.29) is 47.1 Å². The van der Waals surface area contributed by atoms with Crippen molar-refractivity contribution >= 4 is 24.0 Å². The maximum atomic E-state index is 13.5. The van der Waals surface area contributed by atoms with Gasteiger partial charge in [0.25, 0.3) is 0 Å². The normalized spacial score (nSPS) is 39.1. The lowest BCUT2D eigenvalue weighted by Crippen LogP contribution is -2.64. The molecule has 0 spiro atoms. The summed E-state index contributed by atoms with van der Waals surface area (Å²) in [5, 5.41) is 23.2. The molecule has 1 aliphatic heterocycles. The minimum Gasteiger partial charge on any atom is -0.370 e. The van der Waals surface area contributed by atoms with Gasteiger partial charge in [0.1, 0.15) is 0 Å². The van der Waals surface area contributed by atoms with E-state index in [1.807, 2.05) is 0 Å². The molecule has 2 atom stereocenters. The summed E-state index contributed by atoms with van der Waals surface area (Å²) < 4.78 is 0. The van der Waals surface area contributed by atoms with Gasteiger partial charge in [-0.2, -0.15) is 0 Å². The number of carbonyl (C=O) groups excluding carboxylic acids is 2. The van der Waals surface area contributed by atoms with Gasteiger partial charge in [-0.15, -0.1) is 0 Å². The van der Waals surface area contributed by atoms with E-state index in [2.05, 4.69) is 34.3 Å². The van der Waals surface area contributed by atoms with Crippen molar-refractivity contribution in [1.82, 2.24) is 30.2 Å². The van der Waals surface area contributed by atoms with Crippen LogP contribution in [0.5, 0.6) is 0 Å². The van der Waals surface area contributed by atoms with Crippen LogP contribution < -0.4 is 22.1 Å². The van der Waals surface area contributed by atoms with Crippen molar-refractivity contribution in [2.24, 2.45) is 47.0 Å². The van der Waals surface area contributed by atoms with E-state index in [4.69, 9.17) is 22.3 Å². The standard InChI is InChI=1S/C34H58N10O2/c1-21(19-43(29(35)36)31(45)39-33-13-23-7-24(14-33)9-25(8-23)15-33)41-3-5-42(6-4-41)22(2)20-44(30(37)38)32(46)40-34-16-26-10-27(17-34)12-28(11-26)18-34/h21-28H,3-20H2,1-2H3,(H3,35,36)(H3,37,38)(H,39,45)(H,40,46). The minimum atomic E-state index is -0.218. The topological polar surface area (TPSA) is 171 Å². The Labute approximate surface area is 274 Å². The van der Waals surface area contributed by atoms with Gasteiger partial charge in [-0.3, -0.25) is 30.4 Å². The smallest absolute Gasteiger partial charge is 0.324 e. The third-order valence-corrected chi connectivity index (χ3v) is 13.4. The highest BCUT2D eigenvalue weighted by atomic mass is 16.2. The zero-order valence-corrected chi connectivity index (χ0v) is 28.1. The third kappa shape index (κ3) is 6.32. The van der Waals surface area contributed by atoms with Gasteiger partial charge in [0.15, 0.2) is 11.9 Å². The second kappa shape index (κ2) is 12.1. The Kier molecular flexibility index (Phi) is 8.43. The van der Waals surface area contributed by atoms with Gasteiger partial charge in [-0.05, 0) is 126 Å². The van der Waals surface area contributed by atoms with Crippen LogP contribution in [0.3, 0.4) is 0 Å². The van der Waals surface area contributed by atoms with Crippen molar-refractivity contribution in [3.8, 4) is 0 Å². The number of nitrogens with two attached hydrogens (primary N) is 2. The Morgan fingerprint density at radius 2 is 0.891 bits per heavy atom. The summed E-state index contributed by atoms with van der Waals surface area (Å²) in [6.07, 6.45) is 14.3. The molecule has 0 aromatic rings. The number of guanidine groups is 2. The fraction of sp³-hybridized carbons (Fsp3) is 0.882. The maximum Gasteiger partial charge on any atom is 0.324 e. The molecule has 0 radical (unpaired) electrons. The molecule has 256 valence electrons. The summed E-state index contributed by atoms with van der Waals surface area (Å²) in [5.41, 5.74) is 11.7. The molecule has 0 aromatic carbocycles. The van der Waals surface area contributed by atoms with E-state index < -0.39 is 0 Å². The van der Waals surface area contributed by atoms with Crippen LogP contribution in [-0.4, -0.2) is 106 Å². The predicted molar refractivity (Wildman–Crippen MR) is 178 cm³/mol. The minimum absolute atomic E-state index is 0.0447. The third-order valence-electron chi connectivity index (χ3n) is 13.4. The van der Waals surface area contributed by atoms with Crippen LogP contribution in [0.2, 0.25) is 0 Å². The van der Waals surface area contributed by atoms with Crippen LogP contribution in [0.25, 0.3) is 0 Å². The van der Waals surface area contributed by atoms with E-state index in [1.54, 1.807) is 0 Å². The molecular weight excluding hydrogens is 580 g/mol. The van der Waals surface area contributed by atoms with Gasteiger partial charge in [0, 0.05) is 62.4 Å². The van der Waals surface area contributed by atoms with Gasteiger partial charge < -0.3 is 22.1 Å². The quantitative estimate of drug-likeness (QED) is 0.176. The van der Waals surface area contributed by atoms with Crippen molar-refractivity contribution < 1.29 is 9.59 Å². The van der Waals surface area contributed by atoms with E-state index >= 15 is 0 Å². The van der Waals surface area contributed by atoms with Crippen LogP contribution in [0, 0.1) is 46.3 Å². The molecule has 46 heavy (non-hydrogen) atoms. The summed E-state index contributed by atoms with van der Waals surface area (Å²) in [5.74, 6) is 3.99. The van der Waals surface area contributed by atoms with Crippen molar-refractivity contribution in [2.75, 3.05) is 39.3 Å². The molecule has 8 N–H and O–H groups in total. The zero-order valence-electron chi connectivity index (χ0n) is 28.1. The molecule has 9 aliphatic rings. The first kappa shape index (κ1) is 32.0. The van der Waals surface area contributed by atoms with Crippen LogP contribution in [0.15, 0.2) is 0 Å². The summed E-state index contributed by atoms with van der Waals surface area (Å²) >= 11 is 0. The number of urea groups is 2. The van der Waals surface area contributed by atoms with Crippen LogP contribution in [0.1, 0.15) is 90.9 Å². The monoisotopic (exact) mass is 638 g/mol. The molecule has 2 unspecified atom stereocenters. The first-order valence-corrected chi connectivity index (χ1v) is 18.2. The van der Waals surface area contributed by atoms with E-state index in [1.165, 1.54) is 48.3 Å². The summed E-state index contributed by atoms with van der Waals surface area (Å²) in [6.45, 7) is 8.23. The van der Waals surface area contributed by atoms with E-state index in [0.717, 1.165) is 100 Å². The van der Waals surface area contributed by atoms with Crippen molar-refractivity contribution in [2.45, 2.75) is 114 Å². The summed E-state index contributed by atoms with van der Waals surface area (Å²) in [6, 6.07) is -0.346. The molecule has 9 rings (SSSR count). The van der Waals surface area contributed by atoms with Crippen molar-refractivity contribution in [3.05, 3.63) is 0 Å². The number of nitrogens with zero attached hydrogens (tertiary/aromatic N) is 4. The first-order chi connectivity index (χ1) is 21.9. The number of rotatable bonds is 8. The van der Waals surface area contributed by atoms with Gasteiger partial charge in [0.05, 0.1) is 0 Å². The number of hydrogen-bond acceptors (Lipinski definition) is 6. The number of piperazine rings is 1. The molecule has 1 heterocycles. The second-order valence-electron chi connectivity index (χ2n) is 17.0. The fourth-order valence-electron chi connectivity index (χ4n) is 12.1. The lowest BCUT2D eigenvalue weighted by Gasteiger charge is -2.57. The van der Waals surface area contributed by atoms with Gasteiger partial charge in [-0.1, -0.05) is 0 Å². The summed E-state index contributed by atoms with van der Waals surface area (Å²) in [4.78, 5) is 34.7. The molecule has 4 amide bonds. The number of hydrogen-bond donors (Lipinski definition) is 6. The Bertz CT molecular complexity index is 1050. The lowest BCUT2D eigenvalue weighted by molar-refractivity contribution is -0.0156. The molecule has 12 heteroatoms. The van der Waals surface area contributed by atoms with Gasteiger partial charge in [-0.25, -0.2) is 9.59 Å². The molecular formula is C34H58N10O2. The van der Waals surface area contributed by atoms with Gasteiger partial charge >= 0.3 is 12.1 Å². The molecule has 8 bridgehead atoms. The molecule has 0 aromatic heterocycles. The predicted octanol–water partition coefficient (Wildman–Crippen LogP) is 3.13. The lowest BCUT2D eigenvalue weighted by atomic mass is 9.53. The second-order valence-corrected chi connectivity index (χ2v) is 17.0.